The average Bonchev–Trinajstić information content (AvgIpc) is 2.50. The van der Waals surface area contributed by atoms with E-state index < -0.39 is 0 Å². The van der Waals surface area contributed by atoms with Crippen molar-refractivity contribution >= 4 is 0 Å². The van der Waals surface area contributed by atoms with Gasteiger partial charge in [-0.05, 0) is 11.1 Å². The molecule has 1 heterocycles. The highest BCUT2D eigenvalue weighted by Gasteiger charge is 2.34. The third kappa shape index (κ3) is 1.94. The molecule has 0 amide bonds. The van der Waals surface area contributed by atoms with E-state index in [-0.39, 0.29) is 5.54 Å². The van der Waals surface area contributed by atoms with Gasteiger partial charge in [-0.25, -0.2) is 0 Å². The van der Waals surface area contributed by atoms with Crippen LogP contribution in [0.25, 0.3) is 0 Å². The van der Waals surface area contributed by atoms with E-state index >= 15 is 0 Å². The van der Waals surface area contributed by atoms with Crippen molar-refractivity contribution in [3.8, 4) is 0 Å². The van der Waals surface area contributed by atoms with Crippen molar-refractivity contribution in [1.82, 2.24) is 10.6 Å². The second-order valence-corrected chi connectivity index (χ2v) is 4.74. The molecule has 0 unspecified atom stereocenters. The van der Waals surface area contributed by atoms with Crippen molar-refractivity contribution < 1.29 is 0 Å². The van der Waals surface area contributed by atoms with Crippen LogP contribution in [0, 0.1) is 0 Å². The Labute approximate surface area is 108 Å². The van der Waals surface area contributed by atoms with Gasteiger partial charge >= 0.3 is 0 Å². The van der Waals surface area contributed by atoms with Crippen LogP contribution < -0.4 is 10.6 Å². The third-order valence-corrected chi connectivity index (χ3v) is 3.65. The van der Waals surface area contributed by atoms with Crippen LogP contribution in [0.15, 0.2) is 60.7 Å². The van der Waals surface area contributed by atoms with E-state index in [1.165, 1.54) is 11.1 Å². The minimum absolute atomic E-state index is 0.0965. The maximum atomic E-state index is 3.70. The fraction of sp³-hybridized carbons (Fsp3) is 0.250. The monoisotopic (exact) mass is 238 g/mol. The number of hydrogen-bond acceptors (Lipinski definition) is 2. The fourth-order valence-corrected chi connectivity index (χ4v) is 2.72. The molecule has 2 aromatic carbocycles. The lowest BCUT2D eigenvalue weighted by molar-refractivity contribution is 0.329. The number of piperazine rings is 1. The Morgan fingerprint density at radius 1 is 0.722 bits per heavy atom. The first kappa shape index (κ1) is 11.5. The van der Waals surface area contributed by atoms with Crippen LogP contribution in [0.3, 0.4) is 0 Å². The molecular weight excluding hydrogens is 220 g/mol. The standard InChI is InChI=1S/C16H18N2/c1-3-7-14(8-4-1)16(13-17-11-12-18-16)15-9-5-2-6-10-15/h1-10,17-18H,11-13H2. The zero-order valence-electron chi connectivity index (χ0n) is 10.4. The van der Waals surface area contributed by atoms with Gasteiger partial charge in [-0.3, -0.25) is 0 Å². The zero-order chi connectivity index (χ0) is 12.3. The van der Waals surface area contributed by atoms with Crippen molar-refractivity contribution in [1.29, 1.82) is 0 Å². The van der Waals surface area contributed by atoms with E-state index in [1.54, 1.807) is 0 Å². The first-order valence-corrected chi connectivity index (χ1v) is 6.49. The molecule has 92 valence electrons. The van der Waals surface area contributed by atoms with Gasteiger partial charge in [0.25, 0.3) is 0 Å². The molecule has 1 aliphatic rings. The van der Waals surface area contributed by atoms with Crippen molar-refractivity contribution in [2.75, 3.05) is 19.6 Å². The van der Waals surface area contributed by atoms with Crippen LogP contribution in [0.2, 0.25) is 0 Å². The molecule has 2 nitrogen and oxygen atoms in total. The molecule has 2 N–H and O–H groups in total. The summed E-state index contributed by atoms with van der Waals surface area (Å²) in [6, 6.07) is 21.4. The summed E-state index contributed by atoms with van der Waals surface area (Å²) in [4.78, 5) is 0. The molecule has 0 saturated carbocycles. The smallest absolute Gasteiger partial charge is 0.0817 e. The van der Waals surface area contributed by atoms with Gasteiger partial charge in [0, 0.05) is 19.6 Å². The molecule has 3 rings (SSSR count). The molecule has 0 aliphatic carbocycles. The van der Waals surface area contributed by atoms with Crippen LogP contribution in [-0.4, -0.2) is 19.6 Å². The summed E-state index contributed by atoms with van der Waals surface area (Å²) in [6.07, 6.45) is 0. The van der Waals surface area contributed by atoms with Gasteiger partial charge < -0.3 is 10.6 Å². The fourth-order valence-electron chi connectivity index (χ4n) is 2.72. The summed E-state index contributed by atoms with van der Waals surface area (Å²) in [7, 11) is 0. The molecule has 1 aliphatic heterocycles. The second kappa shape index (κ2) is 4.92. The van der Waals surface area contributed by atoms with Crippen LogP contribution in [-0.2, 0) is 5.54 Å². The third-order valence-electron chi connectivity index (χ3n) is 3.65. The van der Waals surface area contributed by atoms with Gasteiger partial charge in [-0.2, -0.15) is 0 Å². The highest BCUT2D eigenvalue weighted by molar-refractivity contribution is 5.39. The van der Waals surface area contributed by atoms with E-state index in [0.29, 0.717) is 0 Å². The Balaban J connectivity index is 2.10. The summed E-state index contributed by atoms with van der Waals surface area (Å²) in [5, 5.41) is 7.21. The van der Waals surface area contributed by atoms with E-state index in [2.05, 4.69) is 71.3 Å². The number of benzene rings is 2. The van der Waals surface area contributed by atoms with Crippen molar-refractivity contribution in [3.05, 3.63) is 71.8 Å². The lowest BCUT2D eigenvalue weighted by Crippen LogP contribution is -2.57. The molecule has 0 radical (unpaired) electrons. The molecule has 0 spiro atoms. The Bertz CT molecular complexity index is 446. The molecule has 0 atom stereocenters. The number of rotatable bonds is 2. The predicted molar refractivity (Wildman–Crippen MR) is 74.5 cm³/mol. The van der Waals surface area contributed by atoms with Crippen LogP contribution >= 0.6 is 0 Å². The SMILES string of the molecule is c1ccc(C2(c3ccccc3)CNCCN2)cc1. The van der Waals surface area contributed by atoms with Crippen molar-refractivity contribution in [2.24, 2.45) is 0 Å². The van der Waals surface area contributed by atoms with Crippen LogP contribution in [0.1, 0.15) is 11.1 Å². The topological polar surface area (TPSA) is 24.1 Å². The van der Waals surface area contributed by atoms with Crippen molar-refractivity contribution in [3.63, 3.8) is 0 Å². The van der Waals surface area contributed by atoms with E-state index in [4.69, 9.17) is 0 Å². The number of hydrogen-bond donors (Lipinski definition) is 2. The summed E-state index contributed by atoms with van der Waals surface area (Å²) in [5.74, 6) is 0. The lowest BCUT2D eigenvalue weighted by Gasteiger charge is -2.40. The zero-order valence-corrected chi connectivity index (χ0v) is 10.4. The van der Waals surface area contributed by atoms with E-state index in [9.17, 15) is 0 Å². The summed E-state index contributed by atoms with van der Waals surface area (Å²) < 4.78 is 0. The van der Waals surface area contributed by atoms with Crippen molar-refractivity contribution in [2.45, 2.75) is 5.54 Å². The molecule has 2 aromatic rings. The largest absolute Gasteiger partial charge is 0.313 e. The molecule has 0 bridgehead atoms. The quantitative estimate of drug-likeness (QED) is 0.837. The van der Waals surface area contributed by atoms with Gasteiger partial charge in [0.15, 0.2) is 0 Å². The number of nitrogens with one attached hydrogen (secondary N) is 2. The van der Waals surface area contributed by atoms with Crippen LogP contribution in [0.5, 0.6) is 0 Å². The Morgan fingerprint density at radius 2 is 1.28 bits per heavy atom. The minimum atomic E-state index is -0.0965. The normalized spacial score (nSPS) is 18.4. The summed E-state index contributed by atoms with van der Waals surface area (Å²) >= 11 is 0. The maximum Gasteiger partial charge on any atom is 0.0817 e. The van der Waals surface area contributed by atoms with E-state index in [0.717, 1.165) is 19.6 Å². The lowest BCUT2D eigenvalue weighted by atomic mass is 9.81. The van der Waals surface area contributed by atoms with Gasteiger partial charge in [0.1, 0.15) is 0 Å². The van der Waals surface area contributed by atoms with Gasteiger partial charge in [-0.1, -0.05) is 60.7 Å². The molecule has 18 heavy (non-hydrogen) atoms. The molecule has 0 aromatic heterocycles. The average molecular weight is 238 g/mol. The highest BCUT2D eigenvalue weighted by Crippen LogP contribution is 2.29. The summed E-state index contributed by atoms with van der Waals surface area (Å²) in [6.45, 7) is 2.95. The minimum Gasteiger partial charge on any atom is -0.313 e. The molecule has 2 heteroatoms. The Morgan fingerprint density at radius 3 is 1.72 bits per heavy atom. The first-order chi connectivity index (χ1) is 8.92. The highest BCUT2D eigenvalue weighted by atomic mass is 15.1. The van der Waals surface area contributed by atoms with Crippen LogP contribution in [0.4, 0.5) is 0 Å². The van der Waals surface area contributed by atoms with Gasteiger partial charge in [-0.15, -0.1) is 0 Å². The van der Waals surface area contributed by atoms with E-state index in [1.807, 2.05) is 0 Å². The predicted octanol–water partition coefficient (Wildman–Crippen LogP) is 2.12. The summed E-state index contributed by atoms with van der Waals surface area (Å²) in [5.41, 5.74) is 2.55. The second-order valence-electron chi connectivity index (χ2n) is 4.74. The first-order valence-electron chi connectivity index (χ1n) is 6.49. The molecule has 1 fully saturated rings. The molecular formula is C16H18N2. The Kier molecular flexibility index (Phi) is 3.13. The molecule has 1 saturated heterocycles. The maximum absolute atomic E-state index is 3.70. The Hall–Kier alpha value is -1.64. The van der Waals surface area contributed by atoms with Gasteiger partial charge in [0.2, 0.25) is 0 Å². The van der Waals surface area contributed by atoms with Gasteiger partial charge in [0.05, 0.1) is 5.54 Å².